The lowest BCUT2D eigenvalue weighted by Crippen LogP contribution is -2.62. The number of aliphatic hydroxyl groups is 3. The van der Waals surface area contributed by atoms with E-state index >= 15 is 0 Å². The van der Waals surface area contributed by atoms with Gasteiger partial charge in [0.05, 0.1) is 32.4 Å². The van der Waals surface area contributed by atoms with Crippen LogP contribution in [-0.2, 0) is 87.9 Å². The number of H-pyrrole nitrogens is 1. The van der Waals surface area contributed by atoms with Crippen LogP contribution in [0.4, 0.5) is 0 Å². The van der Waals surface area contributed by atoms with E-state index < -0.39 is 235 Å². The Morgan fingerprint density at radius 2 is 0.738 bits per heavy atom. The number of carbonyl (C=O) groups is 17. The van der Waals surface area contributed by atoms with Crippen LogP contribution >= 0.6 is 0 Å². The Morgan fingerprint density at radius 1 is 0.373 bits per heavy atom. The summed E-state index contributed by atoms with van der Waals surface area (Å²) < 4.78 is 0. The number of hydrogen-bond acceptors (Lipinski definition) is 25. The Balaban J connectivity index is 2.24. The minimum absolute atomic E-state index is 0.0144. The van der Waals surface area contributed by atoms with Crippen LogP contribution in [0, 0.1) is 29.6 Å². The highest BCUT2D eigenvalue weighted by Gasteiger charge is 2.39. The fourth-order valence-electron chi connectivity index (χ4n) is 13.2. The maximum atomic E-state index is 14.3. The van der Waals surface area contributed by atoms with Gasteiger partial charge in [-0.3, -0.25) is 81.5 Å². The molecule has 43 heteroatoms. The van der Waals surface area contributed by atoms with Gasteiger partial charge in [0.25, 0.3) is 0 Å². The van der Waals surface area contributed by atoms with E-state index in [2.05, 4.69) is 90.1 Å². The van der Waals surface area contributed by atoms with Crippen LogP contribution in [0.5, 0.6) is 0 Å². The van der Waals surface area contributed by atoms with Crippen LogP contribution < -0.4 is 119 Å². The summed E-state index contributed by atoms with van der Waals surface area (Å²) in [6, 6.07) is -13.4. The van der Waals surface area contributed by atoms with Crippen LogP contribution in [-0.4, -0.2) is 270 Å². The molecule has 0 saturated heterocycles. The molecule has 17 atom stereocenters. The first kappa shape index (κ1) is 111. The number of nitrogens with two attached hydrogens (primary N) is 6. The number of unbranched alkanes of at least 4 members (excludes halogenated alkanes) is 4. The number of rotatable bonds is 62. The van der Waals surface area contributed by atoms with E-state index in [1.165, 1.54) is 13.8 Å². The molecule has 1 aromatic heterocycles. The molecule has 712 valence electrons. The molecule has 0 aliphatic rings. The summed E-state index contributed by atoms with van der Waals surface area (Å²) in [7, 11) is 0. The van der Waals surface area contributed by atoms with Crippen molar-refractivity contribution in [1.29, 1.82) is 0 Å². The van der Waals surface area contributed by atoms with Gasteiger partial charge in [0, 0.05) is 23.5 Å². The Bertz CT molecular complexity index is 3860. The van der Waals surface area contributed by atoms with Crippen LogP contribution in [0.15, 0.2) is 30.5 Å². The van der Waals surface area contributed by atoms with Crippen molar-refractivity contribution in [3.8, 4) is 0 Å². The molecule has 2 aromatic rings. The molecule has 0 aliphatic heterocycles. The third-order valence-corrected chi connectivity index (χ3v) is 20.8. The molecule has 43 nitrogen and oxygen atoms in total. The molecule has 0 unspecified atom stereocenters. The zero-order valence-electron chi connectivity index (χ0n) is 75.2. The Morgan fingerprint density at radius 3 is 1.18 bits per heavy atom. The predicted octanol–water partition coefficient (Wildman–Crippen LogP) is -6.09. The van der Waals surface area contributed by atoms with Crippen molar-refractivity contribution in [3.05, 3.63) is 36.0 Å². The quantitative estimate of drug-likeness (QED) is 0.0274. The van der Waals surface area contributed by atoms with E-state index in [9.17, 15) is 96.8 Å². The van der Waals surface area contributed by atoms with Crippen LogP contribution in [0.2, 0.25) is 0 Å². The van der Waals surface area contributed by atoms with Crippen LogP contribution in [0.3, 0.4) is 0 Å². The van der Waals surface area contributed by atoms with Gasteiger partial charge >= 0.3 is 0 Å². The van der Waals surface area contributed by atoms with E-state index in [1.807, 2.05) is 13.8 Å². The summed E-state index contributed by atoms with van der Waals surface area (Å²) in [5.41, 5.74) is 35.7. The van der Waals surface area contributed by atoms with Gasteiger partial charge in [-0.15, -0.1) is 0 Å². The number of fused-ring (bicyclic) bond motifs is 1. The van der Waals surface area contributed by atoms with E-state index in [0.717, 1.165) is 17.8 Å². The van der Waals surface area contributed by atoms with Gasteiger partial charge in [-0.2, -0.15) is 0 Å². The minimum Gasteiger partial charge on any atom is -0.394 e. The number of carbonyl (C=O) groups excluding carboxylic acids is 17. The molecule has 32 N–H and O–H groups in total. The van der Waals surface area contributed by atoms with Crippen molar-refractivity contribution in [1.82, 2.24) is 90.1 Å². The number of amides is 17. The largest absolute Gasteiger partial charge is 0.394 e. The Hall–Kier alpha value is -10.6. The second-order valence-electron chi connectivity index (χ2n) is 33.4. The van der Waals surface area contributed by atoms with Crippen LogP contribution in [0.1, 0.15) is 192 Å². The molecule has 0 fully saturated rings. The zero-order chi connectivity index (χ0) is 95.2. The molecular weight excluding hydrogens is 1640 g/mol. The first-order chi connectivity index (χ1) is 59.4. The summed E-state index contributed by atoms with van der Waals surface area (Å²) in [6.07, 6.45) is 3.13. The number of primary amides is 1. The SMILES string of the molecule is CC[C@H](C)[C@H](NC(=O)CNC(=O)[C@H](CCCCN)NC(=O)[C@H](CCCCN)NC(=O)[C@H](C)NC(=O)[C@@H](NC(=O)[C@H](CCCCN)NC(=O)[C@H](CO)NC(=O)[C@H](CC(C)C)NC(=O)[C@H](Cc1c[nH]c2ccccc12)NC(=O)[C@@H](N)CO)[C@@H](C)O)C(=O)NCC(=O)N[C@@H](C)C(=O)N[C@H](C(=O)N[C@@H](CC(C)C)C(=O)N[C@@H](CCCCN)C(=O)N[C@H](C(N)=O)C(C)C)C(C)C. The highest BCUT2D eigenvalue weighted by Crippen LogP contribution is 2.21. The van der Waals surface area contributed by atoms with Crippen molar-refractivity contribution in [2.24, 2.45) is 64.0 Å². The molecule has 0 saturated carbocycles. The number of nitrogens with one attached hydrogen (secondary N) is 17. The lowest BCUT2D eigenvalue weighted by molar-refractivity contribution is -0.137. The second kappa shape index (κ2) is 58.7. The standard InChI is InChI=1S/C83H145N23O20/c1-14-47(10)67(81(124)92-39-63(110)93-48(11)71(114)105-66(46(8)9)82(125)101-60(36-44(4)5)77(120)97-57(29-19-23-33-86)75(118)104-65(45(6)7)69(89)112)103-64(111)40-91-73(116)55(27-17-21-31-84)96-74(117)56(28-18-22-32-85)95-70(113)49(12)94-83(126)68(50(13)109)106-76(119)58(30-20-24-34-87)98-80(123)62(42-108)102-78(121)59(35-43(2)3)100-79(122)61(99-72(115)53(88)41-107)37-51-38-90-54-26-16-15-25-52(51)54/h15-16,25-26,38,43-50,53,55-62,65-68,90,107-109H,14,17-24,27-37,39-42,84-88H2,1-13H3,(H2,89,112)(H,91,116)(H,92,124)(H,93,110)(H,94,126)(H,95,113)(H,96,117)(H,97,120)(H,98,123)(H,99,115)(H,100,122)(H,101,125)(H,102,121)(H,103,111)(H,104,118)(H,105,114)(H,106,119)/t47-,48-,49-,50+,53-,55-,56-,57-,58-,59-,60-,61-,62-,65-,66-,67-,68-/m0/s1. The van der Waals surface area contributed by atoms with Gasteiger partial charge in [0.2, 0.25) is 100 Å². The van der Waals surface area contributed by atoms with Crippen molar-refractivity contribution < 1.29 is 96.8 Å². The van der Waals surface area contributed by atoms with Gasteiger partial charge in [-0.05, 0) is 178 Å². The van der Waals surface area contributed by atoms with E-state index in [-0.39, 0.29) is 102 Å². The zero-order valence-corrected chi connectivity index (χ0v) is 75.2. The highest BCUT2D eigenvalue weighted by atomic mass is 16.3. The fraction of sp³-hybridized carbons (Fsp3) is 0.699. The van der Waals surface area contributed by atoms with E-state index in [4.69, 9.17) is 34.4 Å². The molecule has 17 amide bonds. The lowest BCUT2D eigenvalue weighted by Gasteiger charge is -2.29. The Labute approximate surface area is 737 Å². The smallest absolute Gasteiger partial charge is 0.245 e. The number of aromatic amines is 1. The summed E-state index contributed by atoms with van der Waals surface area (Å²) in [4.78, 5) is 237. The van der Waals surface area contributed by atoms with Gasteiger partial charge in [-0.1, -0.05) is 93.9 Å². The van der Waals surface area contributed by atoms with Crippen molar-refractivity contribution in [2.45, 2.75) is 289 Å². The average molecular weight is 1790 g/mol. The number of para-hydroxylation sites is 1. The fourth-order valence-corrected chi connectivity index (χ4v) is 13.2. The van der Waals surface area contributed by atoms with E-state index in [0.29, 0.717) is 50.6 Å². The molecule has 0 aliphatic carbocycles. The first-order valence-corrected chi connectivity index (χ1v) is 43.5. The molecule has 0 spiro atoms. The molecule has 0 radical (unpaired) electrons. The van der Waals surface area contributed by atoms with E-state index in [1.54, 1.807) is 85.9 Å². The molecule has 1 heterocycles. The average Bonchev–Trinajstić information content (AvgIpc) is 1.62. The Kier molecular flexibility index (Phi) is 51.9. The van der Waals surface area contributed by atoms with Gasteiger partial charge in [0.1, 0.15) is 90.6 Å². The predicted molar refractivity (Wildman–Crippen MR) is 469 cm³/mol. The summed E-state index contributed by atoms with van der Waals surface area (Å²) >= 11 is 0. The van der Waals surface area contributed by atoms with Gasteiger partial charge in [-0.25, -0.2) is 0 Å². The van der Waals surface area contributed by atoms with Crippen LogP contribution in [0.25, 0.3) is 10.9 Å². The molecular formula is C83H145N23O20. The number of benzene rings is 1. The number of hydrogen-bond donors (Lipinski definition) is 26. The number of aromatic nitrogens is 1. The molecule has 1 aromatic carbocycles. The monoisotopic (exact) mass is 1780 g/mol. The second-order valence-corrected chi connectivity index (χ2v) is 33.4. The van der Waals surface area contributed by atoms with Gasteiger partial charge < -0.3 is 140 Å². The molecule has 2 rings (SSSR count). The lowest BCUT2D eigenvalue weighted by atomic mass is 9.98. The van der Waals surface area contributed by atoms with Crippen molar-refractivity contribution in [3.63, 3.8) is 0 Å². The number of aliphatic hydroxyl groups excluding tert-OH is 3. The first-order valence-electron chi connectivity index (χ1n) is 43.5. The summed E-state index contributed by atoms with van der Waals surface area (Å²) in [5.74, 6) is -16.7. The summed E-state index contributed by atoms with van der Waals surface area (Å²) in [6.45, 7) is 18.5. The van der Waals surface area contributed by atoms with Crippen molar-refractivity contribution >= 4 is 111 Å². The highest BCUT2D eigenvalue weighted by molar-refractivity contribution is 6.01. The topological polar surface area (TPSA) is 715 Å². The molecule has 126 heavy (non-hydrogen) atoms. The van der Waals surface area contributed by atoms with Gasteiger partial charge in [0.15, 0.2) is 0 Å². The maximum Gasteiger partial charge on any atom is 0.245 e. The summed E-state index contributed by atoms with van der Waals surface area (Å²) in [5, 5.41) is 72.6. The third-order valence-electron chi connectivity index (χ3n) is 20.8. The van der Waals surface area contributed by atoms with Crippen molar-refractivity contribution in [2.75, 3.05) is 52.5 Å². The minimum atomic E-state index is -1.81. The maximum absolute atomic E-state index is 14.3. The molecule has 0 bridgehead atoms. The third kappa shape index (κ3) is 40.0. The normalized spacial score (nSPS) is 15.5.